The maximum Gasteiger partial charge on any atom is 0.330 e. The Morgan fingerprint density at radius 2 is 2.32 bits per heavy atom. The molecule has 1 aliphatic rings. The van der Waals surface area contributed by atoms with Crippen LogP contribution in [0.1, 0.15) is 38.5 Å². The minimum atomic E-state index is -0.598. The molecular weight excluding hydrogens is 290 g/mol. The zero-order valence-corrected chi connectivity index (χ0v) is 12.8. The molecule has 0 aliphatic carbocycles. The Labute approximate surface area is 127 Å². The summed E-state index contributed by atoms with van der Waals surface area (Å²) in [7, 11) is 0. The number of ether oxygens (including phenoxy) is 2. The van der Waals surface area contributed by atoms with E-state index in [9.17, 15) is 14.7 Å². The molecule has 1 fully saturated rings. The van der Waals surface area contributed by atoms with Crippen molar-refractivity contribution in [1.29, 1.82) is 0 Å². The van der Waals surface area contributed by atoms with Crippen LogP contribution in [0.3, 0.4) is 0 Å². The Morgan fingerprint density at radius 1 is 1.59 bits per heavy atom. The summed E-state index contributed by atoms with van der Waals surface area (Å²) in [6.45, 7) is 3.81. The van der Waals surface area contributed by atoms with Gasteiger partial charge >= 0.3 is 5.69 Å². The van der Waals surface area contributed by atoms with Gasteiger partial charge in [0, 0.05) is 18.7 Å². The van der Waals surface area contributed by atoms with Gasteiger partial charge < -0.3 is 20.3 Å². The van der Waals surface area contributed by atoms with Crippen LogP contribution in [0.2, 0.25) is 0 Å². The first-order chi connectivity index (χ1) is 10.5. The van der Waals surface area contributed by atoms with Crippen LogP contribution in [0.5, 0.6) is 0 Å². The van der Waals surface area contributed by atoms with Gasteiger partial charge in [-0.05, 0) is 13.3 Å². The standard InChI is InChI=1S/C14H23N3O5/c1-3-8(2)21-7-9-5-17(14(20)16-13(9)19)12-4-10(15)11(6-18)22-12/h5,8,10-12,18H,3-4,6-7,15H2,1-2H3,(H,16,19,20)/t8?,10?,11-,12-/m1/s1. The van der Waals surface area contributed by atoms with Crippen LogP contribution in [0.15, 0.2) is 15.8 Å². The molecule has 0 amide bonds. The topological polar surface area (TPSA) is 120 Å². The fourth-order valence-electron chi connectivity index (χ4n) is 2.29. The second-order valence-electron chi connectivity index (χ2n) is 5.56. The van der Waals surface area contributed by atoms with Gasteiger partial charge in [0.2, 0.25) is 0 Å². The van der Waals surface area contributed by atoms with Gasteiger partial charge in [-0.25, -0.2) is 4.79 Å². The zero-order chi connectivity index (χ0) is 16.3. The van der Waals surface area contributed by atoms with E-state index in [-0.39, 0.29) is 25.4 Å². The normalized spacial score (nSPS) is 26.3. The van der Waals surface area contributed by atoms with Crippen LogP contribution in [0.4, 0.5) is 0 Å². The Kier molecular flexibility index (Phi) is 5.52. The number of aromatic amines is 1. The maximum absolute atomic E-state index is 12.0. The van der Waals surface area contributed by atoms with E-state index in [1.807, 2.05) is 13.8 Å². The second-order valence-corrected chi connectivity index (χ2v) is 5.56. The SMILES string of the molecule is CCC(C)OCc1cn([C@H]2CC(N)[C@@H](CO)O2)c(=O)[nH]c1=O. The number of nitrogens with two attached hydrogens (primary N) is 1. The van der Waals surface area contributed by atoms with E-state index in [0.717, 1.165) is 6.42 Å². The molecule has 8 heteroatoms. The summed E-state index contributed by atoms with van der Waals surface area (Å²) in [5.41, 5.74) is 5.18. The summed E-state index contributed by atoms with van der Waals surface area (Å²) in [6, 6.07) is -0.353. The molecule has 0 aromatic carbocycles. The highest BCUT2D eigenvalue weighted by molar-refractivity contribution is 5.04. The van der Waals surface area contributed by atoms with Crippen LogP contribution >= 0.6 is 0 Å². The number of H-pyrrole nitrogens is 1. The molecule has 22 heavy (non-hydrogen) atoms. The first-order valence-corrected chi connectivity index (χ1v) is 7.44. The quantitative estimate of drug-likeness (QED) is 0.649. The zero-order valence-electron chi connectivity index (χ0n) is 12.8. The number of aliphatic hydroxyl groups is 1. The maximum atomic E-state index is 12.0. The molecule has 124 valence electrons. The van der Waals surface area contributed by atoms with E-state index in [1.54, 1.807) is 0 Å². The summed E-state index contributed by atoms with van der Waals surface area (Å²) in [4.78, 5) is 26.1. The molecule has 8 nitrogen and oxygen atoms in total. The summed E-state index contributed by atoms with van der Waals surface area (Å²) >= 11 is 0. The highest BCUT2D eigenvalue weighted by atomic mass is 16.5. The van der Waals surface area contributed by atoms with Gasteiger partial charge in [-0.15, -0.1) is 0 Å². The van der Waals surface area contributed by atoms with Crippen LogP contribution < -0.4 is 17.0 Å². The number of nitrogens with one attached hydrogen (secondary N) is 1. The third-order valence-electron chi connectivity index (χ3n) is 3.91. The van der Waals surface area contributed by atoms with E-state index in [2.05, 4.69) is 4.98 Å². The molecule has 4 atom stereocenters. The minimum absolute atomic E-state index is 0.0229. The lowest BCUT2D eigenvalue weighted by Gasteiger charge is -2.16. The van der Waals surface area contributed by atoms with Gasteiger partial charge in [0.15, 0.2) is 0 Å². The van der Waals surface area contributed by atoms with E-state index < -0.39 is 23.6 Å². The van der Waals surface area contributed by atoms with Gasteiger partial charge in [-0.2, -0.15) is 0 Å². The number of hydrogen-bond donors (Lipinski definition) is 3. The van der Waals surface area contributed by atoms with E-state index >= 15 is 0 Å². The Hall–Kier alpha value is -1.48. The molecule has 0 radical (unpaired) electrons. The lowest BCUT2D eigenvalue weighted by atomic mass is 10.1. The van der Waals surface area contributed by atoms with Gasteiger partial charge in [0.05, 0.1) is 31.0 Å². The monoisotopic (exact) mass is 313 g/mol. The number of aliphatic hydroxyl groups excluding tert-OH is 1. The summed E-state index contributed by atoms with van der Waals surface area (Å²) in [6.07, 6.45) is 1.58. The lowest BCUT2D eigenvalue weighted by Crippen LogP contribution is -2.34. The third kappa shape index (κ3) is 3.64. The highest BCUT2D eigenvalue weighted by Gasteiger charge is 2.34. The molecule has 0 spiro atoms. The van der Waals surface area contributed by atoms with Gasteiger partial charge in [-0.1, -0.05) is 6.92 Å². The minimum Gasteiger partial charge on any atom is -0.394 e. The van der Waals surface area contributed by atoms with Gasteiger partial charge in [0.1, 0.15) is 6.23 Å². The van der Waals surface area contributed by atoms with Crippen molar-refractivity contribution in [3.63, 3.8) is 0 Å². The molecule has 0 saturated carbocycles. The van der Waals surface area contributed by atoms with Crippen molar-refractivity contribution >= 4 is 0 Å². The Morgan fingerprint density at radius 3 is 2.91 bits per heavy atom. The lowest BCUT2D eigenvalue weighted by molar-refractivity contribution is -0.0276. The van der Waals surface area contributed by atoms with Crippen molar-refractivity contribution in [3.8, 4) is 0 Å². The average molecular weight is 313 g/mol. The molecule has 2 rings (SSSR count). The number of aromatic nitrogens is 2. The van der Waals surface area contributed by atoms with Crippen molar-refractivity contribution in [2.45, 2.75) is 57.8 Å². The van der Waals surface area contributed by atoms with Crippen molar-refractivity contribution in [1.82, 2.24) is 9.55 Å². The van der Waals surface area contributed by atoms with Crippen LogP contribution in [-0.4, -0.2) is 39.5 Å². The molecule has 1 saturated heterocycles. The summed E-state index contributed by atoms with van der Waals surface area (Å²) in [5, 5.41) is 9.17. The molecule has 1 aliphatic heterocycles. The van der Waals surface area contributed by atoms with Gasteiger partial charge in [0.25, 0.3) is 5.56 Å². The van der Waals surface area contributed by atoms with Crippen molar-refractivity contribution in [3.05, 3.63) is 32.6 Å². The van der Waals surface area contributed by atoms with E-state index in [1.165, 1.54) is 10.8 Å². The number of nitrogens with zero attached hydrogens (tertiary/aromatic N) is 1. The van der Waals surface area contributed by atoms with Crippen LogP contribution in [0.25, 0.3) is 0 Å². The smallest absolute Gasteiger partial charge is 0.330 e. The van der Waals surface area contributed by atoms with Crippen LogP contribution in [0, 0.1) is 0 Å². The third-order valence-corrected chi connectivity index (χ3v) is 3.91. The predicted molar refractivity (Wildman–Crippen MR) is 79.5 cm³/mol. The first-order valence-electron chi connectivity index (χ1n) is 7.44. The molecule has 2 heterocycles. The average Bonchev–Trinajstić information content (AvgIpc) is 2.86. The molecular formula is C14H23N3O5. The predicted octanol–water partition coefficient (Wildman–Crippen LogP) is -0.541. The summed E-state index contributed by atoms with van der Waals surface area (Å²) < 4.78 is 12.4. The summed E-state index contributed by atoms with van der Waals surface area (Å²) in [5.74, 6) is 0. The molecule has 4 N–H and O–H groups in total. The second kappa shape index (κ2) is 7.19. The number of hydrogen-bond acceptors (Lipinski definition) is 6. The molecule has 1 aromatic rings. The van der Waals surface area contributed by atoms with Crippen molar-refractivity contribution in [2.75, 3.05) is 6.61 Å². The Balaban J connectivity index is 2.22. The molecule has 1 aromatic heterocycles. The fraction of sp³-hybridized carbons (Fsp3) is 0.714. The fourth-order valence-corrected chi connectivity index (χ4v) is 2.29. The van der Waals surface area contributed by atoms with Crippen molar-refractivity contribution in [2.24, 2.45) is 5.73 Å². The first kappa shape index (κ1) is 16.9. The van der Waals surface area contributed by atoms with Gasteiger partial charge in [-0.3, -0.25) is 14.3 Å². The number of rotatable bonds is 6. The van der Waals surface area contributed by atoms with E-state index in [0.29, 0.717) is 12.0 Å². The van der Waals surface area contributed by atoms with Crippen molar-refractivity contribution < 1.29 is 14.6 Å². The van der Waals surface area contributed by atoms with Crippen LogP contribution in [-0.2, 0) is 16.1 Å². The highest BCUT2D eigenvalue weighted by Crippen LogP contribution is 2.26. The molecule has 2 unspecified atom stereocenters. The Bertz CT molecular complexity index is 611. The molecule has 0 bridgehead atoms. The van der Waals surface area contributed by atoms with E-state index in [4.69, 9.17) is 15.2 Å². The largest absolute Gasteiger partial charge is 0.394 e.